The Bertz CT molecular complexity index is 515. The molecule has 0 fully saturated rings. The van der Waals surface area contributed by atoms with Crippen molar-refractivity contribution < 1.29 is 9.68 Å². The minimum absolute atomic E-state index is 0.545. The molecule has 2 aromatic rings. The van der Waals surface area contributed by atoms with Gasteiger partial charge in [-0.25, -0.2) is 0 Å². The largest absolute Gasteiger partial charge is 0.395 e. The van der Waals surface area contributed by atoms with E-state index in [-0.39, 0.29) is 0 Å². The fourth-order valence-corrected chi connectivity index (χ4v) is 1.86. The lowest BCUT2D eigenvalue weighted by Crippen LogP contribution is -1.95. The summed E-state index contributed by atoms with van der Waals surface area (Å²) in [6.45, 7) is 1.09. The summed E-state index contributed by atoms with van der Waals surface area (Å²) in [5.74, 6) is 0. The predicted octanol–water partition coefficient (Wildman–Crippen LogP) is 3.48. The van der Waals surface area contributed by atoms with Gasteiger partial charge in [-0.05, 0) is 11.1 Å². The Morgan fingerprint density at radius 1 is 0.636 bits per heavy atom. The summed E-state index contributed by atoms with van der Waals surface area (Å²) in [4.78, 5) is 10.3. The molecule has 0 N–H and O–H groups in total. The van der Waals surface area contributed by atoms with Crippen molar-refractivity contribution in [3.05, 3.63) is 71.8 Å². The molecule has 0 bridgehead atoms. The minimum atomic E-state index is 0.545. The second-order valence-electron chi connectivity index (χ2n) is 4.65. The van der Waals surface area contributed by atoms with Crippen LogP contribution >= 0.6 is 0 Å². The summed E-state index contributed by atoms with van der Waals surface area (Å²) in [5, 5.41) is 7.58. The van der Waals surface area contributed by atoms with Gasteiger partial charge in [0.2, 0.25) is 0 Å². The Kier molecular flexibility index (Phi) is 7.28. The van der Waals surface area contributed by atoms with Crippen LogP contribution in [0.25, 0.3) is 0 Å². The molecule has 4 nitrogen and oxygen atoms in total. The van der Waals surface area contributed by atoms with E-state index in [1.165, 1.54) is 23.6 Å². The van der Waals surface area contributed by atoms with Crippen LogP contribution in [0.15, 0.2) is 71.0 Å². The normalized spacial score (nSPS) is 11.1. The highest BCUT2D eigenvalue weighted by Crippen LogP contribution is 2.00. The number of oxime groups is 2. The highest BCUT2D eigenvalue weighted by Gasteiger charge is 1.91. The molecule has 2 rings (SSSR count). The van der Waals surface area contributed by atoms with Gasteiger partial charge < -0.3 is 9.68 Å². The highest BCUT2D eigenvalue weighted by molar-refractivity contribution is 6.15. The molecule has 0 saturated heterocycles. The molecule has 0 saturated carbocycles. The molecule has 114 valence electrons. The van der Waals surface area contributed by atoms with Crippen LogP contribution in [0.2, 0.25) is 0 Å². The first-order valence-electron chi connectivity index (χ1n) is 7.32. The third-order valence-electron chi connectivity index (χ3n) is 2.99. The maximum atomic E-state index is 5.14. The van der Waals surface area contributed by atoms with Crippen molar-refractivity contribution in [3.8, 4) is 0 Å². The molecule has 0 aliphatic rings. The number of nitrogens with zero attached hydrogens (tertiary/aromatic N) is 2. The summed E-state index contributed by atoms with van der Waals surface area (Å²) in [6.07, 6.45) is 4.63. The second-order valence-corrected chi connectivity index (χ2v) is 4.65. The molecule has 4 heteroatoms. The van der Waals surface area contributed by atoms with E-state index < -0.39 is 0 Å². The maximum absolute atomic E-state index is 5.14. The quantitative estimate of drug-likeness (QED) is 0.404. The average molecular weight is 296 g/mol. The van der Waals surface area contributed by atoms with E-state index >= 15 is 0 Å². The topological polar surface area (TPSA) is 43.2 Å². The van der Waals surface area contributed by atoms with E-state index in [1.807, 2.05) is 36.4 Å². The average Bonchev–Trinajstić information content (AvgIpc) is 2.58. The molecule has 0 unspecified atom stereocenters. The van der Waals surface area contributed by atoms with Crippen molar-refractivity contribution in [1.82, 2.24) is 0 Å². The van der Waals surface area contributed by atoms with Gasteiger partial charge in [0.15, 0.2) is 0 Å². The van der Waals surface area contributed by atoms with Crippen LogP contribution < -0.4 is 0 Å². The molecule has 0 atom stereocenters. The van der Waals surface area contributed by atoms with Gasteiger partial charge in [-0.15, -0.1) is 0 Å². The van der Waals surface area contributed by atoms with E-state index in [4.69, 9.17) is 9.68 Å². The van der Waals surface area contributed by atoms with Gasteiger partial charge in [0, 0.05) is 12.8 Å². The van der Waals surface area contributed by atoms with Crippen molar-refractivity contribution in [2.75, 3.05) is 13.2 Å². The van der Waals surface area contributed by atoms with E-state index in [2.05, 4.69) is 34.6 Å². The molecule has 22 heavy (non-hydrogen) atoms. The third kappa shape index (κ3) is 6.70. The molecule has 0 aliphatic heterocycles. The lowest BCUT2D eigenvalue weighted by Gasteiger charge is -1.99. The van der Waals surface area contributed by atoms with Gasteiger partial charge in [0.05, 0.1) is 12.4 Å². The first-order valence-corrected chi connectivity index (χ1v) is 7.32. The van der Waals surface area contributed by atoms with Crippen molar-refractivity contribution in [1.29, 1.82) is 0 Å². The van der Waals surface area contributed by atoms with E-state index in [0.717, 1.165) is 12.8 Å². The Hall–Kier alpha value is -2.62. The molecule has 0 aliphatic carbocycles. The number of benzene rings is 2. The monoisotopic (exact) mass is 296 g/mol. The standard InChI is InChI=1S/C18H20N2O2/c1-3-7-17(8-4-1)11-15-21-19-13-14-20-22-16-12-18-9-5-2-6-10-18/h1-10,13-14H,11-12,15-16H2/b19-13+,20-14+. The first kappa shape index (κ1) is 15.8. The summed E-state index contributed by atoms with van der Waals surface area (Å²) in [7, 11) is 0. The molecular formula is C18H20N2O2. The van der Waals surface area contributed by atoms with Crippen LogP contribution in [0.4, 0.5) is 0 Å². The summed E-state index contributed by atoms with van der Waals surface area (Å²) < 4.78 is 0. The van der Waals surface area contributed by atoms with Crippen molar-refractivity contribution in [2.45, 2.75) is 12.8 Å². The number of hydrogen-bond acceptors (Lipinski definition) is 4. The van der Waals surface area contributed by atoms with Gasteiger partial charge in [0.25, 0.3) is 0 Å². The van der Waals surface area contributed by atoms with Gasteiger partial charge in [-0.3, -0.25) is 0 Å². The number of rotatable bonds is 9. The minimum Gasteiger partial charge on any atom is -0.395 e. The fourth-order valence-electron chi connectivity index (χ4n) is 1.86. The van der Waals surface area contributed by atoms with E-state index in [1.54, 1.807) is 0 Å². The van der Waals surface area contributed by atoms with Gasteiger partial charge in [-0.2, -0.15) is 0 Å². The predicted molar refractivity (Wildman–Crippen MR) is 89.2 cm³/mol. The maximum Gasteiger partial charge on any atom is 0.121 e. The van der Waals surface area contributed by atoms with Crippen LogP contribution in [-0.4, -0.2) is 25.6 Å². The molecule has 0 heterocycles. The van der Waals surface area contributed by atoms with Crippen molar-refractivity contribution in [2.24, 2.45) is 10.3 Å². The zero-order chi connectivity index (χ0) is 15.3. The Morgan fingerprint density at radius 2 is 1.05 bits per heavy atom. The zero-order valence-electron chi connectivity index (χ0n) is 12.5. The van der Waals surface area contributed by atoms with E-state index in [0.29, 0.717) is 13.2 Å². The zero-order valence-corrected chi connectivity index (χ0v) is 12.5. The molecule has 0 amide bonds. The van der Waals surface area contributed by atoms with Crippen molar-refractivity contribution >= 4 is 12.4 Å². The van der Waals surface area contributed by atoms with Gasteiger partial charge >= 0.3 is 0 Å². The molecule has 0 spiro atoms. The Balaban J connectivity index is 1.50. The number of hydrogen-bond donors (Lipinski definition) is 0. The first-order chi connectivity index (χ1) is 10.9. The van der Waals surface area contributed by atoms with Crippen LogP contribution in [0.3, 0.4) is 0 Å². The van der Waals surface area contributed by atoms with Crippen molar-refractivity contribution in [3.63, 3.8) is 0 Å². The SMILES string of the molecule is C(/C=N/OCCc1ccccc1)=N\OCCc1ccccc1. The lowest BCUT2D eigenvalue weighted by molar-refractivity contribution is 0.146. The Labute approximate surface area is 131 Å². The lowest BCUT2D eigenvalue weighted by atomic mass is 10.2. The smallest absolute Gasteiger partial charge is 0.121 e. The highest BCUT2D eigenvalue weighted by atomic mass is 16.6. The summed E-state index contributed by atoms with van der Waals surface area (Å²) in [5.41, 5.74) is 2.46. The van der Waals surface area contributed by atoms with Crippen LogP contribution in [0.5, 0.6) is 0 Å². The second kappa shape index (κ2) is 10.2. The molecule has 2 aromatic carbocycles. The summed E-state index contributed by atoms with van der Waals surface area (Å²) in [6, 6.07) is 20.3. The van der Waals surface area contributed by atoms with Crippen LogP contribution in [0.1, 0.15) is 11.1 Å². The third-order valence-corrected chi connectivity index (χ3v) is 2.99. The van der Waals surface area contributed by atoms with Crippen LogP contribution in [-0.2, 0) is 22.5 Å². The molecule has 0 radical (unpaired) electrons. The molecular weight excluding hydrogens is 276 g/mol. The van der Waals surface area contributed by atoms with Gasteiger partial charge in [-0.1, -0.05) is 71.0 Å². The van der Waals surface area contributed by atoms with Crippen LogP contribution in [0, 0.1) is 0 Å². The Morgan fingerprint density at radius 3 is 1.45 bits per heavy atom. The van der Waals surface area contributed by atoms with Gasteiger partial charge in [0.1, 0.15) is 13.2 Å². The summed E-state index contributed by atoms with van der Waals surface area (Å²) >= 11 is 0. The van der Waals surface area contributed by atoms with E-state index in [9.17, 15) is 0 Å². The fraction of sp³-hybridized carbons (Fsp3) is 0.222. The molecule has 0 aromatic heterocycles.